The van der Waals surface area contributed by atoms with Crippen LogP contribution in [0.2, 0.25) is 0 Å². The summed E-state index contributed by atoms with van der Waals surface area (Å²) in [6.07, 6.45) is 0. The first-order chi connectivity index (χ1) is 14.9. The van der Waals surface area contributed by atoms with Gasteiger partial charge >= 0.3 is 5.97 Å². The largest absolute Gasteiger partial charge is 0.452 e. The Labute approximate surface area is 176 Å². The van der Waals surface area contributed by atoms with Crippen molar-refractivity contribution in [1.82, 2.24) is 14.8 Å². The topological polar surface area (TPSA) is 94.1 Å². The number of ether oxygens (including phenoxy) is 1. The first-order valence-corrected chi connectivity index (χ1v) is 9.49. The number of halogens is 1. The summed E-state index contributed by atoms with van der Waals surface area (Å²) >= 11 is 0. The summed E-state index contributed by atoms with van der Waals surface area (Å²) < 4.78 is 20.2. The Bertz CT molecular complexity index is 1370. The summed E-state index contributed by atoms with van der Waals surface area (Å²) in [7, 11) is 0. The van der Waals surface area contributed by atoms with Crippen molar-refractivity contribution in [1.29, 1.82) is 0 Å². The van der Waals surface area contributed by atoms with Crippen LogP contribution in [0.1, 0.15) is 32.2 Å². The van der Waals surface area contributed by atoms with E-state index in [9.17, 15) is 18.8 Å². The van der Waals surface area contributed by atoms with E-state index in [2.05, 4.69) is 10.2 Å². The van der Waals surface area contributed by atoms with E-state index in [-0.39, 0.29) is 17.3 Å². The smallest absolute Gasteiger partial charge is 0.359 e. The molecule has 0 amide bonds. The Morgan fingerprint density at radius 1 is 1.06 bits per heavy atom. The van der Waals surface area contributed by atoms with Crippen molar-refractivity contribution >= 4 is 22.5 Å². The molecule has 0 atom stereocenters. The fraction of sp³-hybridized carbons (Fsp3) is 0.130. The summed E-state index contributed by atoms with van der Waals surface area (Å²) in [5.41, 5.74) is 2.06. The van der Waals surface area contributed by atoms with Crippen LogP contribution in [-0.2, 0) is 4.74 Å². The highest BCUT2D eigenvalue weighted by atomic mass is 19.1. The van der Waals surface area contributed by atoms with Gasteiger partial charge in [0.05, 0.1) is 5.39 Å². The zero-order chi connectivity index (χ0) is 22.1. The standard InChI is InChI=1S/C23H18FN3O4/c1-13-11-19(14(2)27(13)16-9-7-15(24)8-10-16)20(28)12-31-23(30)21-17-5-3-4-6-18(17)22(29)26-25-21/h3-11H,12H2,1-2H3,(H,26,29). The van der Waals surface area contributed by atoms with Crippen LogP contribution < -0.4 is 5.56 Å². The first-order valence-electron chi connectivity index (χ1n) is 9.49. The lowest BCUT2D eigenvalue weighted by Crippen LogP contribution is -2.19. The molecule has 2 aromatic carbocycles. The fourth-order valence-corrected chi connectivity index (χ4v) is 3.58. The zero-order valence-electron chi connectivity index (χ0n) is 16.8. The van der Waals surface area contributed by atoms with Crippen molar-refractivity contribution in [2.45, 2.75) is 13.8 Å². The number of rotatable bonds is 5. The number of benzene rings is 2. The van der Waals surface area contributed by atoms with Crippen molar-refractivity contribution in [3.8, 4) is 5.69 Å². The summed E-state index contributed by atoms with van der Waals surface area (Å²) in [6.45, 7) is 3.11. The van der Waals surface area contributed by atoms with Gasteiger partial charge in [0.15, 0.2) is 12.3 Å². The molecule has 4 rings (SSSR count). The summed E-state index contributed by atoms with van der Waals surface area (Å²) in [5.74, 6) is -1.55. The van der Waals surface area contributed by atoms with E-state index in [1.54, 1.807) is 49.4 Å². The number of aromatic amines is 1. The number of H-pyrrole nitrogens is 1. The number of nitrogens with zero attached hydrogens (tertiary/aromatic N) is 2. The predicted octanol–water partition coefficient (Wildman–Crippen LogP) is 3.51. The van der Waals surface area contributed by atoms with E-state index >= 15 is 0 Å². The SMILES string of the molecule is Cc1cc(C(=O)COC(=O)c2n[nH]c(=O)c3ccccc23)c(C)n1-c1ccc(F)cc1. The predicted molar refractivity (Wildman–Crippen MR) is 112 cm³/mol. The molecular weight excluding hydrogens is 401 g/mol. The Morgan fingerprint density at radius 3 is 2.45 bits per heavy atom. The molecule has 0 aliphatic heterocycles. The van der Waals surface area contributed by atoms with Gasteiger partial charge < -0.3 is 9.30 Å². The minimum Gasteiger partial charge on any atom is -0.452 e. The molecular formula is C23H18FN3O4. The number of carbonyl (C=O) groups excluding carboxylic acids is 2. The van der Waals surface area contributed by atoms with Gasteiger partial charge in [-0.25, -0.2) is 14.3 Å². The van der Waals surface area contributed by atoms with Crippen molar-refractivity contribution in [3.05, 3.63) is 93.4 Å². The minimum absolute atomic E-state index is 0.0696. The second-order valence-electron chi connectivity index (χ2n) is 7.04. The molecule has 4 aromatic rings. The van der Waals surface area contributed by atoms with Crippen LogP contribution in [0.4, 0.5) is 4.39 Å². The fourth-order valence-electron chi connectivity index (χ4n) is 3.58. The lowest BCUT2D eigenvalue weighted by Gasteiger charge is -2.10. The number of fused-ring (bicyclic) bond motifs is 1. The van der Waals surface area contributed by atoms with Crippen LogP contribution in [-0.4, -0.2) is 33.1 Å². The first kappa shape index (κ1) is 20.2. The molecule has 8 heteroatoms. The molecule has 31 heavy (non-hydrogen) atoms. The number of hydrogen-bond donors (Lipinski definition) is 1. The van der Waals surface area contributed by atoms with E-state index in [4.69, 9.17) is 4.74 Å². The number of ketones is 1. The number of Topliss-reactive ketones (excluding diaryl/α,β-unsaturated/α-hetero) is 1. The number of aryl methyl sites for hydroxylation is 1. The number of esters is 1. The third kappa shape index (κ3) is 3.75. The van der Waals surface area contributed by atoms with Crippen molar-refractivity contribution in [2.75, 3.05) is 6.61 Å². The molecule has 156 valence electrons. The van der Waals surface area contributed by atoms with Crippen molar-refractivity contribution in [2.24, 2.45) is 0 Å². The van der Waals surface area contributed by atoms with Crippen LogP contribution in [0.25, 0.3) is 16.5 Å². The van der Waals surface area contributed by atoms with Gasteiger partial charge in [-0.3, -0.25) is 9.59 Å². The molecule has 2 aromatic heterocycles. The van der Waals surface area contributed by atoms with Gasteiger partial charge in [-0.05, 0) is 50.2 Å². The molecule has 0 unspecified atom stereocenters. The monoisotopic (exact) mass is 419 g/mol. The lowest BCUT2D eigenvalue weighted by molar-refractivity contribution is 0.0469. The number of hydrogen-bond acceptors (Lipinski definition) is 5. The van der Waals surface area contributed by atoms with E-state index < -0.39 is 18.1 Å². The minimum atomic E-state index is -0.812. The highest BCUT2D eigenvalue weighted by Crippen LogP contribution is 2.22. The Balaban J connectivity index is 1.56. The van der Waals surface area contributed by atoms with Gasteiger partial charge in [-0.1, -0.05) is 18.2 Å². The molecule has 0 aliphatic carbocycles. The molecule has 0 spiro atoms. The third-order valence-electron chi connectivity index (χ3n) is 5.04. The molecule has 0 radical (unpaired) electrons. The van der Waals surface area contributed by atoms with E-state index in [1.807, 2.05) is 11.5 Å². The Morgan fingerprint density at radius 2 is 1.74 bits per heavy atom. The van der Waals surface area contributed by atoms with E-state index in [0.717, 1.165) is 11.4 Å². The summed E-state index contributed by atoms with van der Waals surface area (Å²) in [6, 6.07) is 14.1. The average Bonchev–Trinajstić information content (AvgIpc) is 3.07. The number of carbonyl (C=O) groups is 2. The van der Waals surface area contributed by atoms with Gasteiger partial charge in [0.1, 0.15) is 5.82 Å². The average molecular weight is 419 g/mol. The van der Waals surface area contributed by atoms with Crippen molar-refractivity contribution in [3.63, 3.8) is 0 Å². The lowest BCUT2D eigenvalue weighted by atomic mass is 10.1. The normalized spacial score (nSPS) is 10.9. The second-order valence-corrected chi connectivity index (χ2v) is 7.04. The van der Waals surface area contributed by atoms with Gasteiger partial charge in [0, 0.05) is 28.0 Å². The third-order valence-corrected chi connectivity index (χ3v) is 5.04. The molecule has 0 saturated heterocycles. The molecule has 0 saturated carbocycles. The van der Waals surface area contributed by atoms with Crippen LogP contribution in [0, 0.1) is 19.7 Å². The van der Waals surface area contributed by atoms with Gasteiger partial charge in [0.2, 0.25) is 5.78 Å². The zero-order valence-corrected chi connectivity index (χ0v) is 16.8. The van der Waals surface area contributed by atoms with Crippen LogP contribution >= 0.6 is 0 Å². The quantitative estimate of drug-likeness (QED) is 0.395. The molecule has 7 nitrogen and oxygen atoms in total. The highest BCUT2D eigenvalue weighted by molar-refractivity contribution is 6.04. The molecule has 0 aliphatic rings. The number of aromatic nitrogens is 3. The van der Waals surface area contributed by atoms with Crippen LogP contribution in [0.3, 0.4) is 0 Å². The summed E-state index contributed by atoms with van der Waals surface area (Å²) in [5, 5.41) is 6.70. The van der Waals surface area contributed by atoms with E-state index in [0.29, 0.717) is 22.0 Å². The Kier molecular flexibility index (Phi) is 5.21. The second kappa shape index (κ2) is 7.98. The molecule has 0 fully saturated rings. The molecule has 1 N–H and O–H groups in total. The van der Waals surface area contributed by atoms with Crippen molar-refractivity contribution < 1.29 is 18.7 Å². The maximum atomic E-state index is 13.2. The number of nitrogens with one attached hydrogen (secondary N) is 1. The maximum absolute atomic E-state index is 13.2. The summed E-state index contributed by atoms with van der Waals surface area (Å²) in [4.78, 5) is 37.1. The van der Waals surface area contributed by atoms with Crippen LogP contribution in [0.5, 0.6) is 0 Å². The van der Waals surface area contributed by atoms with Gasteiger partial charge in [-0.2, -0.15) is 5.10 Å². The van der Waals surface area contributed by atoms with Crippen LogP contribution in [0.15, 0.2) is 59.4 Å². The Hall–Kier alpha value is -4.07. The van der Waals surface area contributed by atoms with Gasteiger partial charge in [-0.15, -0.1) is 0 Å². The molecule has 2 heterocycles. The van der Waals surface area contributed by atoms with E-state index in [1.165, 1.54) is 12.1 Å². The molecule has 0 bridgehead atoms. The van der Waals surface area contributed by atoms with Gasteiger partial charge in [0.25, 0.3) is 5.56 Å². The maximum Gasteiger partial charge on any atom is 0.359 e. The highest BCUT2D eigenvalue weighted by Gasteiger charge is 2.20.